The first-order valence-electron chi connectivity index (χ1n) is 6.28. The Morgan fingerprint density at radius 1 is 1.68 bits per heavy atom. The monoisotopic (exact) mass is 284 g/mol. The first kappa shape index (κ1) is 14.0. The van der Waals surface area contributed by atoms with Crippen molar-refractivity contribution in [2.24, 2.45) is 17.6 Å². The van der Waals surface area contributed by atoms with Crippen molar-refractivity contribution in [3.05, 3.63) is 27.4 Å². The molecule has 1 aromatic heterocycles. The van der Waals surface area contributed by atoms with Crippen LogP contribution in [0.1, 0.15) is 13.3 Å². The molecule has 104 valence electrons. The zero-order valence-corrected chi connectivity index (χ0v) is 11.5. The summed E-state index contributed by atoms with van der Waals surface area (Å²) in [6.07, 6.45) is 2.27. The van der Waals surface area contributed by atoms with E-state index in [0.717, 1.165) is 19.5 Å². The standard InChI is InChI=1S/C12H17ClN4O2/c1-8-2-3-16(7-9(8)5-14)12-11(13)4-10(6-15-12)17(18)19/h4,6,8-9H,2-3,5,7,14H2,1H3. The number of pyridine rings is 1. The van der Waals surface area contributed by atoms with Crippen LogP contribution in [0.4, 0.5) is 11.5 Å². The second-order valence-electron chi connectivity index (χ2n) is 4.96. The second-order valence-corrected chi connectivity index (χ2v) is 5.37. The summed E-state index contributed by atoms with van der Waals surface area (Å²) in [5.74, 6) is 1.59. The van der Waals surface area contributed by atoms with Crippen LogP contribution in [0.5, 0.6) is 0 Å². The van der Waals surface area contributed by atoms with Gasteiger partial charge in [0.25, 0.3) is 5.69 Å². The van der Waals surface area contributed by atoms with Gasteiger partial charge in [-0.05, 0) is 24.8 Å². The van der Waals surface area contributed by atoms with Gasteiger partial charge in [0.05, 0.1) is 9.95 Å². The SMILES string of the molecule is CC1CCN(c2ncc([N+](=O)[O-])cc2Cl)CC1CN. The molecule has 2 atom stereocenters. The molecule has 2 N–H and O–H groups in total. The van der Waals surface area contributed by atoms with Gasteiger partial charge < -0.3 is 10.6 Å². The van der Waals surface area contributed by atoms with Crippen molar-refractivity contribution in [1.82, 2.24) is 4.98 Å². The molecule has 0 radical (unpaired) electrons. The van der Waals surface area contributed by atoms with Crippen LogP contribution in [-0.4, -0.2) is 29.5 Å². The average Bonchev–Trinajstić information content (AvgIpc) is 2.39. The molecule has 0 amide bonds. The van der Waals surface area contributed by atoms with E-state index in [1.165, 1.54) is 12.3 Å². The lowest BCUT2D eigenvalue weighted by atomic mass is 9.87. The van der Waals surface area contributed by atoms with Gasteiger partial charge in [0.2, 0.25) is 0 Å². The third-order valence-electron chi connectivity index (χ3n) is 3.73. The first-order valence-corrected chi connectivity index (χ1v) is 6.65. The average molecular weight is 285 g/mol. The Hall–Kier alpha value is -1.40. The number of nitrogens with zero attached hydrogens (tertiary/aromatic N) is 3. The topological polar surface area (TPSA) is 85.3 Å². The van der Waals surface area contributed by atoms with Crippen molar-refractivity contribution in [3.63, 3.8) is 0 Å². The molecule has 2 rings (SSSR count). The number of aromatic nitrogens is 1. The molecule has 0 aliphatic carbocycles. The highest BCUT2D eigenvalue weighted by Crippen LogP contribution is 2.31. The molecule has 0 saturated carbocycles. The van der Waals surface area contributed by atoms with Crippen molar-refractivity contribution < 1.29 is 4.92 Å². The molecular formula is C12H17ClN4O2. The highest BCUT2D eigenvalue weighted by atomic mass is 35.5. The molecule has 0 spiro atoms. The Kier molecular flexibility index (Phi) is 4.21. The summed E-state index contributed by atoms with van der Waals surface area (Å²) >= 11 is 6.09. The van der Waals surface area contributed by atoms with Gasteiger partial charge in [0.15, 0.2) is 0 Å². The molecule has 0 bridgehead atoms. The van der Waals surface area contributed by atoms with Crippen LogP contribution in [0.25, 0.3) is 0 Å². The Morgan fingerprint density at radius 2 is 2.42 bits per heavy atom. The Bertz CT molecular complexity index is 483. The summed E-state index contributed by atoms with van der Waals surface area (Å²) < 4.78 is 0. The van der Waals surface area contributed by atoms with Gasteiger partial charge in [-0.1, -0.05) is 18.5 Å². The summed E-state index contributed by atoms with van der Waals surface area (Å²) in [4.78, 5) is 16.4. The maximum Gasteiger partial charge on any atom is 0.289 e. The minimum absolute atomic E-state index is 0.0884. The number of rotatable bonds is 3. The molecule has 0 aromatic carbocycles. The lowest BCUT2D eigenvalue weighted by Gasteiger charge is -2.37. The lowest BCUT2D eigenvalue weighted by Crippen LogP contribution is -2.43. The van der Waals surface area contributed by atoms with Crippen molar-refractivity contribution in [3.8, 4) is 0 Å². The fourth-order valence-corrected chi connectivity index (χ4v) is 2.68. The van der Waals surface area contributed by atoms with Crippen molar-refractivity contribution in [2.75, 3.05) is 24.5 Å². The maximum absolute atomic E-state index is 10.7. The number of piperidine rings is 1. The van der Waals surface area contributed by atoms with E-state index >= 15 is 0 Å². The van der Waals surface area contributed by atoms with E-state index in [1.807, 2.05) is 0 Å². The molecule has 1 aliphatic heterocycles. The predicted octanol–water partition coefficient (Wildman–Crippen LogP) is 2.06. The summed E-state index contributed by atoms with van der Waals surface area (Å²) in [5.41, 5.74) is 5.68. The predicted molar refractivity (Wildman–Crippen MR) is 74.4 cm³/mol. The first-order chi connectivity index (χ1) is 9.02. The van der Waals surface area contributed by atoms with E-state index in [0.29, 0.717) is 29.2 Å². The molecule has 2 unspecified atom stereocenters. The van der Waals surface area contributed by atoms with Gasteiger partial charge >= 0.3 is 0 Å². The lowest BCUT2D eigenvalue weighted by molar-refractivity contribution is -0.385. The van der Waals surface area contributed by atoms with Gasteiger partial charge in [-0.15, -0.1) is 0 Å². The molecule has 7 heteroatoms. The van der Waals surface area contributed by atoms with E-state index in [1.54, 1.807) is 0 Å². The quantitative estimate of drug-likeness (QED) is 0.678. The number of anilines is 1. The third-order valence-corrected chi connectivity index (χ3v) is 4.01. The smallest absolute Gasteiger partial charge is 0.289 e. The largest absolute Gasteiger partial charge is 0.355 e. The molecule has 1 saturated heterocycles. The molecule has 1 aromatic rings. The zero-order chi connectivity index (χ0) is 14.0. The fraction of sp³-hybridized carbons (Fsp3) is 0.583. The molecular weight excluding hydrogens is 268 g/mol. The van der Waals surface area contributed by atoms with Crippen molar-refractivity contribution >= 4 is 23.1 Å². The van der Waals surface area contributed by atoms with E-state index in [9.17, 15) is 10.1 Å². The van der Waals surface area contributed by atoms with Gasteiger partial charge in [-0.3, -0.25) is 10.1 Å². The van der Waals surface area contributed by atoms with Crippen LogP contribution in [0.3, 0.4) is 0 Å². The Balaban J connectivity index is 2.20. The molecule has 1 aliphatic rings. The molecule has 6 nitrogen and oxygen atoms in total. The minimum Gasteiger partial charge on any atom is -0.355 e. The van der Waals surface area contributed by atoms with E-state index in [2.05, 4.69) is 16.8 Å². The van der Waals surface area contributed by atoms with Crippen molar-refractivity contribution in [1.29, 1.82) is 0 Å². The van der Waals surface area contributed by atoms with Crippen LogP contribution in [0.2, 0.25) is 5.02 Å². The normalized spacial score (nSPS) is 23.4. The maximum atomic E-state index is 10.7. The van der Waals surface area contributed by atoms with Crippen LogP contribution < -0.4 is 10.6 Å². The number of nitro groups is 1. The molecule has 2 heterocycles. The van der Waals surface area contributed by atoms with E-state index < -0.39 is 4.92 Å². The number of hydrogen-bond acceptors (Lipinski definition) is 5. The zero-order valence-electron chi connectivity index (χ0n) is 10.8. The summed E-state index contributed by atoms with van der Waals surface area (Å²) in [6.45, 7) is 4.46. The second kappa shape index (κ2) is 5.71. The van der Waals surface area contributed by atoms with Gasteiger partial charge in [-0.2, -0.15) is 0 Å². The van der Waals surface area contributed by atoms with Crippen LogP contribution in [0, 0.1) is 22.0 Å². The molecule has 19 heavy (non-hydrogen) atoms. The highest BCUT2D eigenvalue weighted by Gasteiger charge is 2.27. The minimum atomic E-state index is -0.496. The fourth-order valence-electron chi connectivity index (χ4n) is 2.40. The number of hydrogen-bond donors (Lipinski definition) is 1. The Labute approximate surface area is 116 Å². The number of halogens is 1. The van der Waals surface area contributed by atoms with Crippen LogP contribution >= 0.6 is 11.6 Å². The van der Waals surface area contributed by atoms with Gasteiger partial charge in [-0.25, -0.2) is 4.98 Å². The summed E-state index contributed by atoms with van der Waals surface area (Å²) in [5, 5.41) is 11.0. The Morgan fingerprint density at radius 3 is 3.00 bits per heavy atom. The van der Waals surface area contributed by atoms with Crippen LogP contribution in [0.15, 0.2) is 12.3 Å². The van der Waals surface area contributed by atoms with Crippen LogP contribution in [-0.2, 0) is 0 Å². The number of nitrogens with two attached hydrogens (primary N) is 1. The third kappa shape index (κ3) is 2.96. The summed E-state index contributed by atoms with van der Waals surface area (Å²) in [7, 11) is 0. The highest BCUT2D eigenvalue weighted by molar-refractivity contribution is 6.33. The van der Waals surface area contributed by atoms with Crippen molar-refractivity contribution in [2.45, 2.75) is 13.3 Å². The van der Waals surface area contributed by atoms with Gasteiger partial charge in [0.1, 0.15) is 12.0 Å². The molecule has 1 fully saturated rings. The summed E-state index contributed by atoms with van der Waals surface area (Å²) in [6, 6.07) is 1.35. The van der Waals surface area contributed by atoms with Gasteiger partial charge in [0, 0.05) is 19.2 Å². The van der Waals surface area contributed by atoms with E-state index in [-0.39, 0.29) is 5.69 Å². The van der Waals surface area contributed by atoms with E-state index in [4.69, 9.17) is 17.3 Å².